The van der Waals surface area contributed by atoms with E-state index >= 15 is 0 Å². The Balaban J connectivity index is 2.62. The Morgan fingerprint density at radius 2 is 2.00 bits per heavy atom. The number of anilines is 2. The number of halogens is 1. The molecule has 0 fully saturated rings. The highest BCUT2D eigenvalue weighted by molar-refractivity contribution is 5.89. The molecular weight excluding hydrogens is 239 g/mol. The predicted molar refractivity (Wildman–Crippen MR) is 63.2 cm³/mol. The van der Waals surface area contributed by atoms with E-state index in [0.717, 1.165) is 0 Å². The first-order valence-electron chi connectivity index (χ1n) is 4.91. The van der Waals surface area contributed by atoms with Gasteiger partial charge in [-0.25, -0.2) is 14.2 Å². The van der Waals surface area contributed by atoms with Crippen molar-refractivity contribution in [1.82, 2.24) is 9.97 Å². The summed E-state index contributed by atoms with van der Waals surface area (Å²) in [5, 5.41) is 8.86. The molecule has 5 N–H and O–H groups in total. The Kier molecular flexibility index (Phi) is 2.80. The molecule has 1 aromatic carbocycles. The number of nitrogen functional groups attached to an aromatic ring is 2. The lowest BCUT2D eigenvalue weighted by molar-refractivity contribution is 0.0697. The third kappa shape index (κ3) is 2.05. The van der Waals surface area contributed by atoms with Crippen LogP contribution in [-0.2, 0) is 0 Å². The number of aromatic carboxylic acids is 1. The summed E-state index contributed by atoms with van der Waals surface area (Å²) in [6.45, 7) is 0. The van der Waals surface area contributed by atoms with Gasteiger partial charge >= 0.3 is 5.97 Å². The van der Waals surface area contributed by atoms with Gasteiger partial charge in [0.1, 0.15) is 5.69 Å². The van der Waals surface area contributed by atoms with Gasteiger partial charge in [0.15, 0.2) is 11.6 Å². The smallest absolute Gasteiger partial charge is 0.335 e. The molecule has 0 unspecified atom stereocenters. The topological polar surface area (TPSA) is 115 Å². The number of carbonyl (C=O) groups is 1. The van der Waals surface area contributed by atoms with Gasteiger partial charge in [0.2, 0.25) is 5.95 Å². The monoisotopic (exact) mass is 248 g/mol. The molecule has 92 valence electrons. The fourth-order valence-electron chi connectivity index (χ4n) is 1.47. The van der Waals surface area contributed by atoms with Gasteiger partial charge in [-0.15, -0.1) is 0 Å². The van der Waals surface area contributed by atoms with Crippen molar-refractivity contribution in [1.29, 1.82) is 0 Å². The minimum Gasteiger partial charge on any atom is -0.478 e. The Morgan fingerprint density at radius 1 is 1.28 bits per heavy atom. The third-order valence-electron chi connectivity index (χ3n) is 2.28. The summed E-state index contributed by atoms with van der Waals surface area (Å²) in [5.74, 6) is -2.50. The van der Waals surface area contributed by atoms with Crippen molar-refractivity contribution in [3.8, 4) is 11.3 Å². The van der Waals surface area contributed by atoms with Crippen molar-refractivity contribution in [2.45, 2.75) is 0 Å². The van der Waals surface area contributed by atoms with Gasteiger partial charge in [0, 0.05) is 5.56 Å². The average molecular weight is 248 g/mol. The maximum absolute atomic E-state index is 13.7. The second kappa shape index (κ2) is 4.28. The molecule has 6 nitrogen and oxygen atoms in total. The zero-order chi connectivity index (χ0) is 13.3. The van der Waals surface area contributed by atoms with E-state index in [1.165, 1.54) is 24.3 Å². The van der Waals surface area contributed by atoms with E-state index in [2.05, 4.69) is 9.97 Å². The fourth-order valence-corrected chi connectivity index (χ4v) is 1.47. The van der Waals surface area contributed by atoms with Crippen molar-refractivity contribution in [2.24, 2.45) is 0 Å². The number of benzene rings is 1. The quantitative estimate of drug-likeness (QED) is 0.734. The fraction of sp³-hybridized carbons (Fsp3) is 0. The highest BCUT2D eigenvalue weighted by Gasteiger charge is 2.14. The van der Waals surface area contributed by atoms with Crippen LogP contribution in [0, 0.1) is 5.82 Å². The van der Waals surface area contributed by atoms with Crippen LogP contribution in [0.25, 0.3) is 11.3 Å². The number of carboxylic acids is 1. The first-order valence-corrected chi connectivity index (χ1v) is 4.91. The first kappa shape index (κ1) is 11.8. The molecule has 0 spiro atoms. The molecule has 1 aromatic heterocycles. The maximum atomic E-state index is 13.7. The summed E-state index contributed by atoms with van der Waals surface area (Å²) in [7, 11) is 0. The molecule has 0 saturated carbocycles. The Morgan fingerprint density at radius 3 is 2.67 bits per heavy atom. The molecule has 2 aromatic rings. The number of rotatable bonds is 2. The van der Waals surface area contributed by atoms with Crippen LogP contribution in [0.3, 0.4) is 0 Å². The lowest BCUT2D eigenvalue weighted by atomic mass is 10.1. The number of nitrogens with two attached hydrogens (primary N) is 2. The van der Waals surface area contributed by atoms with Gasteiger partial charge in [-0.1, -0.05) is 12.1 Å². The highest BCUT2D eigenvalue weighted by atomic mass is 19.1. The number of hydrogen-bond acceptors (Lipinski definition) is 5. The zero-order valence-corrected chi connectivity index (χ0v) is 9.09. The highest BCUT2D eigenvalue weighted by Crippen LogP contribution is 2.24. The van der Waals surface area contributed by atoms with Crippen LogP contribution in [0.1, 0.15) is 10.4 Å². The average Bonchev–Trinajstić information content (AvgIpc) is 2.34. The van der Waals surface area contributed by atoms with Crippen LogP contribution in [0.5, 0.6) is 0 Å². The molecule has 7 heteroatoms. The van der Waals surface area contributed by atoms with Crippen molar-refractivity contribution in [2.75, 3.05) is 11.5 Å². The molecule has 0 aliphatic heterocycles. The molecule has 18 heavy (non-hydrogen) atoms. The lowest BCUT2D eigenvalue weighted by Gasteiger charge is -2.06. The molecule has 0 atom stereocenters. The molecule has 0 saturated heterocycles. The predicted octanol–water partition coefficient (Wildman–Crippen LogP) is 1.15. The Hall–Kier alpha value is -2.70. The molecule has 1 heterocycles. The zero-order valence-electron chi connectivity index (χ0n) is 9.09. The second-order valence-electron chi connectivity index (χ2n) is 3.52. The van der Waals surface area contributed by atoms with Gasteiger partial charge in [0.05, 0.1) is 5.56 Å². The number of hydrogen-bond donors (Lipinski definition) is 3. The number of carboxylic acid groups (broad SMARTS) is 1. The maximum Gasteiger partial charge on any atom is 0.335 e. The Bertz CT molecular complexity index is 630. The molecule has 0 bridgehead atoms. The van der Waals surface area contributed by atoms with Crippen LogP contribution >= 0.6 is 0 Å². The summed E-state index contributed by atoms with van der Waals surface area (Å²) >= 11 is 0. The minimum atomic E-state index is -1.12. The van der Waals surface area contributed by atoms with Gasteiger partial charge in [-0.05, 0) is 12.1 Å². The SMILES string of the molecule is Nc1nc(N)c(F)c(-c2cccc(C(=O)O)c2)n1. The Labute approximate surface area is 101 Å². The first-order chi connectivity index (χ1) is 8.49. The summed E-state index contributed by atoms with van der Waals surface area (Å²) < 4.78 is 13.7. The van der Waals surface area contributed by atoms with Crippen molar-refractivity contribution in [3.05, 3.63) is 35.6 Å². The van der Waals surface area contributed by atoms with E-state index in [1.807, 2.05) is 0 Å². The van der Waals surface area contributed by atoms with Crippen LogP contribution < -0.4 is 11.5 Å². The van der Waals surface area contributed by atoms with E-state index in [9.17, 15) is 9.18 Å². The molecule has 0 radical (unpaired) electrons. The molecule has 0 amide bonds. The van der Waals surface area contributed by atoms with E-state index in [0.29, 0.717) is 0 Å². The van der Waals surface area contributed by atoms with E-state index < -0.39 is 11.8 Å². The van der Waals surface area contributed by atoms with Crippen molar-refractivity contribution in [3.63, 3.8) is 0 Å². The lowest BCUT2D eigenvalue weighted by Crippen LogP contribution is -2.05. The molecular formula is C11H9FN4O2. The van der Waals surface area contributed by atoms with Crippen molar-refractivity contribution >= 4 is 17.7 Å². The minimum absolute atomic E-state index is 0.0163. The van der Waals surface area contributed by atoms with Gasteiger partial charge in [-0.3, -0.25) is 0 Å². The second-order valence-corrected chi connectivity index (χ2v) is 3.52. The van der Waals surface area contributed by atoms with Gasteiger partial charge in [0.25, 0.3) is 0 Å². The van der Waals surface area contributed by atoms with Crippen LogP contribution in [0.4, 0.5) is 16.2 Å². The van der Waals surface area contributed by atoms with Crippen molar-refractivity contribution < 1.29 is 14.3 Å². The number of nitrogens with zero attached hydrogens (tertiary/aromatic N) is 2. The summed E-state index contributed by atoms with van der Waals surface area (Å²) in [4.78, 5) is 18.0. The normalized spacial score (nSPS) is 10.3. The summed E-state index contributed by atoms with van der Waals surface area (Å²) in [6, 6.07) is 5.66. The molecule has 0 aliphatic carbocycles. The summed E-state index contributed by atoms with van der Waals surface area (Å²) in [5.41, 5.74) is 10.9. The van der Waals surface area contributed by atoms with Gasteiger partial charge in [-0.2, -0.15) is 4.98 Å². The van der Waals surface area contributed by atoms with Gasteiger partial charge < -0.3 is 16.6 Å². The number of aromatic nitrogens is 2. The van der Waals surface area contributed by atoms with Crippen LogP contribution in [0.15, 0.2) is 24.3 Å². The molecule has 0 aliphatic rings. The largest absolute Gasteiger partial charge is 0.478 e. The standard InChI is InChI=1S/C11H9FN4O2/c12-7-8(15-11(14)16-9(7)13)5-2-1-3-6(4-5)10(17)18/h1-4H,(H,17,18)(H4,13,14,15,16). The third-order valence-corrected chi connectivity index (χ3v) is 2.28. The summed E-state index contributed by atoms with van der Waals surface area (Å²) in [6.07, 6.45) is 0. The van der Waals surface area contributed by atoms with Crippen LogP contribution in [-0.4, -0.2) is 21.0 Å². The van der Waals surface area contributed by atoms with E-state index in [4.69, 9.17) is 16.6 Å². The van der Waals surface area contributed by atoms with E-state index in [1.54, 1.807) is 0 Å². The van der Waals surface area contributed by atoms with E-state index in [-0.39, 0.29) is 28.6 Å². The van der Waals surface area contributed by atoms with Crippen LogP contribution in [0.2, 0.25) is 0 Å². The molecule has 2 rings (SSSR count).